The summed E-state index contributed by atoms with van der Waals surface area (Å²) in [5.41, 5.74) is 8.82. The number of hydrogen-bond donors (Lipinski definition) is 0. The van der Waals surface area contributed by atoms with Gasteiger partial charge in [0.05, 0.1) is 0 Å². The molecule has 0 bridgehead atoms. The van der Waals surface area contributed by atoms with Crippen molar-refractivity contribution in [3.05, 3.63) is 248 Å². The first-order valence-electron chi connectivity index (χ1n) is 23.5. The summed E-state index contributed by atoms with van der Waals surface area (Å²) >= 11 is -3.61. The molecule has 0 N–H and O–H groups in total. The van der Waals surface area contributed by atoms with Gasteiger partial charge in [0, 0.05) is 0 Å². The minimum absolute atomic E-state index is 0.573. The quantitative estimate of drug-likeness (QED) is 0.127. The van der Waals surface area contributed by atoms with E-state index >= 15 is 0 Å². The molecule has 3 aromatic heterocycles. The van der Waals surface area contributed by atoms with E-state index in [9.17, 15) is 0 Å². The topological polar surface area (TPSA) is 82.3 Å². The first kappa shape index (κ1) is 42.7. The Hall–Kier alpha value is -8.66. The normalized spacial score (nSPS) is 11.6. The van der Waals surface area contributed by atoms with Crippen molar-refractivity contribution in [2.45, 2.75) is 13.8 Å². The zero-order valence-corrected chi connectivity index (χ0v) is 40.7. The Morgan fingerprint density at radius 1 is 0.300 bits per heavy atom. The minimum Gasteiger partial charge on any atom is -0.213 e. The van der Waals surface area contributed by atoms with Crippen LogP contribution in [0.4, 0.5) is 0 Å². The molecule has 3 heterocycles. The van der Waals surface area contributed by atoms with Crippen molar-refractivity contribution in [2.24, 2.45) is 0 Å². The molecule has 0 amide bonds. The van der Waals surface area contributed by atoms with E-state index in [0.29, 0.717) is 34.9 Å². The Balaban J connectivity index is 1.12. The number of fused-ring (bicyclic) bond motifs is 3. The van der Waals surface area contributed by atoms with Gasteiger partial charge in [0.2, 0.25) is 0 Å². The Labute approximate surface area is 409 Å². The first-order valence-corrected chi connectivity index (χ1v) is 27.7. The maximum Gasteiger partial charge on any atom is -0.213 e. The van der Waals surface area contributed by atoms with Crippen LogP contribution in [0.3, 0.4) is 0 Å². The van der Waals surface area contributed by atoms with Crippen LogP contribution in [0, 0.1) is 13.8 Å². The molecule has 0 fully saturated rings. The second-order valence-corrected chi connectivity index (χ2v) is 25.5. The SMILES string of the molecule is Cc1nc(C)nc(-c2ccc3c(c2)c2ccccc2n3-c2ccc(-c3ccc[c]([Ge]([c]4ccccc4)([c]4ccccc4)[c]4ccccc4)c3)cc2-c2nc(-c3ccccc3)nc(-c3ccccc3)n2)n1. The van der Waals surface area contributed by atoms with Crippen LogP contribution in [0.25, 0.3) is 84.2 Å². The monoisotopic (exact) mass is 961 g/mol. The average Bonchev–Trinajstić information content (AvgIpc) is 3.75. The van der Waals surface area contributed by atoms with Crippen LogP contribution in [-0.2, 0) is 0 Å². The molecule has 0 radical (unpaired) electrons. The third-order valence-electron chi connectivity index (χ3n) is 13.2. The number of hydrogen-bond acceptors (Lipinski definition) is 6. The van der Waals surface area contributed by atoms with E-state index in [1.54, 1.807) is 0 Å². The number of nitrogens with zero attached hydrogens (tertiary/aromatic N) is 7. The second kappa shape index (κ2) is 18.1. The molecule has 0 saturated heterocycles. The first-order chi connectivity index (χ1) is 34.5. The van der Waals surface area contributed by atoms with Crippen molar-refractivity contribution < 1.29 is 0 Å². The Morgan fingerprint density at radius 2 is 0.743 bits per heavy atom. The van der Waals surface area contributed by atoms with E-state index in [2.05, 4.69) is 210 Å². The van der Waals surface area contributed by atoms with Crippen molar-refractivity contribution in [3.8, 4) is 62.4 Å². The molecule has 12 rings (SSSR count). The zero-order valence-electron chi connectivity index (χ0n) is 38.6. The van der Waals surface area contributed by atoms with Crippen LogP contribution in [0.2, 0.25) is 0 Å². The molecule has 70 heavy (non-hydrogen) atoms. The van der Waals surface area contributed by atoms with Gasteiger partial charge in [-0.05, 0) is 13.8 Å². The average molecular weight is 961 g/mol. The molecule has 0 aliphatic heterocycles. The molecule has 332 valence electrons. The van der Waals surface area contributed by atoms with E-state index in [4.69, 9.17) is 24.9 Å². The van der Waals surface area contributed by atoms with Crippen molar-refractivity contribution in [1.82, 2.24) is 34.5 Å². The summed E-state index contributed by atoms with van der Waals surface area (Å²) in [6.07, 6.45) is 0. The van der Waals surface area contributed by atoms with Crippen LogP contribution in [-0.4, -0.2) is 47.7 Å². The molecular weight excluding hydrogens is 915 g/mol. The third-order valence-corrected chi connectivity index (χ3v) is 23.2. The fraction of sp³-hybridized carbons (Fsp3) is 0.0323. The summed E-state index contributed by atoms with van der Waals surface area (Å²) in [6, 6.07) is 84.9. The van der Waals surface area contributed by atoms with Crippen LogP contribution in [0.1, 0.15) is 11.6 Å². The molecule has 9 aromatic carbocycles. The van der Waals surface area contributed by atoms with E-state index in [0.717, 1.165) is 60.9 Å². The molecule has 0 spiro atoms. The number of aromatic nitrogens is 7. The Kier molecular flexibility index (Phi) is 11.0. The van der Waals surface area contributed by atoms with E-state index in [1.165, 1.54) is 17.6 Å². The van der Waals surface area contributed by atoms with Crippen LogP contribution >= 0.6 is 0 Å². The molecule has 0 unspecified atom stereocenters. The Morgan fingerprint density at radius 3 is 1.33 bits per heavy atom. The van der Waals surface area contributed by atoms with Gasteiger partial charge in [-0.15, -0.1) is 0 Å². The number of benzene rings is 9. The van der Waals surface area contributed by atoms with Crippen LogP contribution in [0.5, 0.6) is 0 Å². The molecular formula is C62H45GeN7. The molecule has 8 heteroatoms. The molecule has 0 atom stereocenters. The molecule has 0 saturated carbocycles. The summed E-state index contributed by atoms with van der Waals surface area (Å²) in [5, 5.41) is 2.20. The van der Waals surface area contributed by atoms with Crippen molar-refractivity contribution in [2.75, 3.05) is 0 Å². The number of aryl methyl sites for hydroxylation is 2. The maximum absolute atomic E-state index is 5.36. The van der Waals surface area contributed by atoms with Gasteiger partial charge in [-0.3, -0.25) is 0 Å². The summed E-state index contributed by atoms with van der Waals surface area (Å²) in [6.45, 7) is 3.82. The summed E-state index contributed by atoms with van der Waals surface area (Å²) < 4.78 is 7.80. The van der Waals surface area contributed by atoms with Gasteiger partial charge in [-0.1, -0.05) is 12.1 Å². The second-order valence-electron chi connectivity index (χ2n) is 17.5. The van der Waals surface area contributed by atoms with Gasteiger partial charge in [0.1, 0.15) is 11.6 Å². The summed E-state index contributed by atoms with van der Waals surface area (Å²) in [5.74, 6) is 3.81. The van der Waals surface area contributed by atoms with Crippen LogP contribution < -0.4 is 17.6 Å². The molecule has 0 aliphatic carbocycles. The van der Waals surface area contributed by atoms with Crippen LogP contribution in [0.15, 0.2) is 237 Å². The van der Waals surface area contributed by atoms with Gasteiger partial charge < -0.3 is 0 Å². The smallest absolute Gasteiger partial charge is 0.213 e. The fourth-order valence-electron chi connectivity index (χ4n) is 10.1. The predicted octanol–water partition coefficient (Wildman–Crippen LogP) is 11.5. The number of rotatable bonds is 10. The van der Waals surface area contributed by atoms with Gasteiger partial charge in [-0.2, -0.15) is 0 Å². The van der Waals surface area contributed by atoms with E-state index < -0.39 is 13.3 Å². The van der Waals surface area contributed by atoms with Gasteiger partial charge >= 0.3 is 353 Å². The molecule has 0 aliphatic rings. The summed E-state index contributed by atoms with van der Waals surface area (Å²) in [4.78, 5) is 29.8. The fourth-order valence-corrected chi connectivity index (χ4v) is 20.2. The molecule has 12 aromatic rings. The predicted molar refractivity (Wildman–Crippen MR) is 288 cm³/mol. The van der Waals surface area contributed by atoms with E-state index in [-0.39, 0.29) is 0 Å². The summed E-state index contributed by atoms with van der Waals surface area (Å²) in [7, 11) is 0. The van der Waals surface area contributed by atoms with Gasteiger partial charge in [0.25, 0.3) is 0 Å². The Bertz CT molecular complexity index is 3670. The van der Waals surface area contributed by atoms with Crippen molar-refractivity contribution in [1.29, 1.82) is 0 Å². The standard InChI is InChI=1S/C62H45GeN7/c1-42-64-43(2)66-61(65-42)48-36-38-57-54(41-48)53-33-18-19-34-56(53)70(57)58-37-35-47(40-55(58)62-68-59(44-21-8-3-9-22-44)67-60(69-62)45-23-10-4-11-24-45)46-25-20-32-52(39-46)63(49-26-12-5-13-27-49,50-28-14-6-15-29-50)51-30-16-7-17-31-51/h3-41H,1-2H3. The van der Waals surface area contributed by atoms with Gasteiger partial charge in [0.15, 0.2) is 5.82 Å². The zero-order chi connectivity index (χ0) is 47.0. The maximum atomic E-state index is 5.36. The number of para-hydroxylation sites is 1. The minimum atomic E-state index is -3.61. The van der Waals surface area contributed by atoms with Gasteiger partial charge in [-0.25, -0.2) is 15.0 Å². The molecule has 7 nitrogen and oxygen atoms in total. The van der Waals surface area contributed by atoms with E-state index in [1.807, 2.05) is 50.2 Å². The third kappa shape index (κ3) is 7.66. The van der Waals surface area contributed by atoms with Crippen molar-refractivity contribution >= 4 is 52.7 Å². The van der Waals surface area contributed by atoms with Crippen molar-refractivity contribution in [3.63, 3.8) is 0 Å². The largest absolute Gasteiger partial charge is 0.213 e.